The lowest BCUT2D eigenvalue weighted by molar-refractivity contribution is -0.142. The molecule has 0 bridgehead atoms. The lowest BCUT2D eigenvalue weighted by Crippen LogP contribution is -2.52. The van der Waals surface area contributed by atoms with Gasteiger partial charge in [-0.25, -0.2) is 0 Å². The molecule has 5 nitrogen and oxygen atoms in total. The number of ether oxygens (including phenoxy) is 1. The second kappa shape index (κ2) is 4.87. The van der Waals surface area contributed by atoms with Gasteiger partial charge in [-0.3, -0.25) is 9.69 Å². The van der Waals surface area contributed by atoms with E-state index in [4.69, 9.17) is 10.00 Å². The first-order chi connectivity index (χ1) is 8.79. The minimum atomic E-state index is -0.446. The maximum absolute atomic E-state index is 12.5. The zero-order valence-electron chi connectivity index (χ0n) is 10.5. The van der Waals surface area contributed by atoms with E-state index >= 15 is 0 Å². The van der Waals surface area contributed by atoms with E-state index in [0.29, 0.717) is 25.7 Å². The minimum absolute atomic E-state index is 0.0648. The normalized spacial score (nSPS) is 33.4. The maximum Gasteiger partial charge on any atom is 0.240 e. The van der Waals surface area contributed by atoms with E-state index in [1.54, 1.807) is 0 Å². The van der Waals surface area contributed by atoms with Crippen molar-refractivity contribution in [1.29, 1.82) is 5.26 Å². The standard InChI is InChI=1S/C13H19N3O2/c14-8-11-9-15(6-7-18-11)13(17)12-2-1-5-16(12)10-3-4-10/h10-12H,1-7,9H2/t11-,12-/m1/s1. The molecule has 0 aromatic carbocycles. The monoisotopic (exact) mass is 249 g/mol. The van der Waals surface area contributed by atoms with Gasteiger partial charge in [0.15, 0.2) is 6.10 Å². The molecule has 0 aromatic heterocycles. The topological polar surface area (TPSA) is 56.6 Å². The molecule has 3 fully saturated rings. The average Bonchev–Trinajstić information content (AvgIpc) is 3.15. The van der Waals surface area contributed by atoms with Gasteiger partial charge in [0.2, 0.25) is 5.91 Å². The van der Waals surface area contributed by atoms with E-state index in [1.807, 2.05) is 4.90 Å². The summed E-state index contributed by atoms with van der Waals surface area (Å²) in [5.41, 5.74) is 0. The number of hydrogen-bond acceptors (Lipinski definition) is 4. The van der Waals surface area contributed by atoms with Crippen molar-refractivity contribution >= 4 is 5.91 Å². The van der Waals surface area contributed by atoms with Crippen LogP contribution in [0.25, 0.3) is 0 Å². The van der Waals surface area contributed by atoms with Crippen molar-refractivity contribution in [2.75, 3.05) is 26.2 Å². The molecule has 0 radical (unpaired) electrons. The molecule has 2 heterocycles. The van der Waals surface area contributed by atoms with Gasteiger partial charge in [0.1, 0.15) is 0 Å². The van der Waals surface area contributed by atoms with E-state index in [2.05, 4.69) is 11.0 Å². The molecule has 2 aliphatic heterocycles. The Balaban J connectivity index is 1.64. The Morgan fingerprint density at radius 1 is 1.28 bits per heavy atom. The number of carbonyl (C=O) groups excluding carboxylic acids is 1. The summed E-state index contributed by atoms with van der Waals surface area (Å²) in [6, 6.07) is 2.81. The van der Waals surface area contributed by atoms with Crippen molar-refractivity contribution in [3.63, 3.8) is 0 Å². The third-order valence-electron chi connectivity index (χ3n) is 4.12. The maximum atomic E-state index is 12.5. The molecule has 0 N–H and O–H groups in total. The van der Waals surface area contributed by atoms with Crippen LogP contribution in [0.2, 0.25) is 0 Å². The van der Waals surface area contributed by atoms with Gasteiger partial charge in [-0.2, -0.15) is 5.26 Å². The van der Waals surface area contributed by atoms with Gasteiger partial charge in [-0.15, -0.1) is 0 Å². The van der Waals surface area contributed by atoms with Gasteiger partial charge in [-0.05, 0) is 32.2 Å². The highest BCUT2D eigenvalue weighted by Crippen LogP contribution is 2.34. The highest BCUT2D eigenvalue weighted by Gasteiger charge is 2.42. The lowest BCUT2D eigenvalue weighted by atomic mass is 10.1. The summed E-state index contributed by atoms with van der Waals surface area (Å²) in [5, 5.41) is 8.88. The zero-order chi connectivity index (χ0) is 12.5. The van der Waals surface area contributed by atoms with E-state index < -0.39 is 6.10 Å². The lowest BCUT2D eigenvalue weighted by Gasteiger charge is -2.34. The number of amides is 1. The second-order valence-electron chi connectivity index (χ2n) is 5.40. The molecule has 0 aromatic rings. The average molecular weight is 249 g/mol. The predicted octanol–water partition coefficient (Wildman–Crippen LogP) is 0.364. The molecule has 0 spiro atoms. The summed E-state index contributed by atoms with van der Waals surface area (Å²) in [6.07, 6.45) is 4.14. The van der Waals surface area contributed by atoms with Gasteiger partial charge in [0.05, 0.1) is 25.3 Å². The van der Waals surface area contributed by atoms with Gasteiger partial charge < -0.3 is 9.64 Å². The Bertz CT molecular complexity index is 375. The van der Waals surface area contributed by atoms with Crippen LogP contribution < -0.4 is 0 Å². The first-order valence-corrected chi connectivity index (χ1v) is 6.85. The van der Waals surface area contributed by atoms with Crippen LogP contribution in [0.3, 0.4) is 0 Å². The predicted molar refractivity (Wildman–Crippen MR) is 64.7 cm³/mol. The molecule has 2 atom stereocenters. The summed E-state index contributed by atoms with van der Waals surface area (Å²) >= 11 is 0. The fourth-order valence-electron chi connectivity index (χ4n) is 3.04. The number of likely N-dealkylation sites (tertiary alicyclic amines) is 1. The molecular formula is C13H19N3O2. The highest BCUT2D eigenvalue weighted by atomic mass is 16.5. The Labute approximate surface area is 107 Å². The molecule has 0 unspecified atom stereocenters. The van der Waals surface area contributed by atoms with Gasteiger partial charge in [0.25, 0.3) is 0 Å². The number of hydrogen-bond donors (Lipinski definition) is 0. The first kappa shape index (κ1) is 11.9. The van der Waals surface area contributed by atoms with Crippen LogP contribution in [0.15, 0.2) is 0 Å². The Kier molecular flexibility index (Phi) is 3.23. The van der Waals surface area contributed by atoms with Gasteiger partial charge in [-0.1, -0.05) is 0 Å². The van der Waals surface area contributed by atoms with Crippen molar-refractivity contribution in [1.82, 2.24) is 9.80 Å². The van der Waals surface area contributed by atoms with Crippen molar-refractivity contribution in [3.05, 3.63) is 0 Å². The summed E-state index contributed by atoms with van der Waals surface area (Å²) in [7, 11) is 0. The molecule has 1 aliphatic carbocycles. The van der Waals surface area contributed by atoms with Crippen LogP contribution in [-0.2, 0) is 9.53 Å². The van der Waals surface area contributed by atoms with Crippen LogP contribution in [0.1, 0.15) is 25.7 Å². The molecule has 3 rings (SSSR count). The zero-order valence-corrected chi connectivity index (χ0v) is 10.5. The number of carbonyl (C=O) groups is 1. The third kappa shape index (κ3) is 2.23. The van der Waals surface area contributed by atoms with Gasteiger partial charge >= 0.3 is 0 Å². The third-order valence-corrected chi connectivity index (χ3v) is 4.12. The smallest absolute Gasteiger partial charge is 0.240 e. The molecule has 18 heavy (non-hydrogen) atoms. The van der Waals surface area contributed by atoms with Gasteiger partial charge in [0, 0.05) is 12.6 Å². The Hall–Kier alpha value is -1.12. The summed E-state index contributed by atoms with van der Waals surface area (Å²) in [4.78, 5) is 16.7. The number of nitriles is 1. The quantitative estimate of drug-likeness (QED) is 0.709. The van der Waals surface area contributed by atoms with Crippen molar-refractivity contribution in [3.8, 4) is 6.07 Å². The summed E-state index contributed by atoms with van der Waals surface area (Å²) in [5.74, 6) is 0.211. The second-order valence-corrected chi connectivity index (χ2v) is 5.40. The molecule has 1 amide bonds. The van der Waals surface area contributed by atoms with Crippen molar-refractivity contribution < 1.29 is 9.53 Å². The SMILES string of the molecule is N#C[C@@H]1CN(C(=O)[C@H]2CCCN2C2CC2)CCO1. The Morgan fingerprint density at radius 2 is 2.11 bits per heavy atom. The first-order valence-electron chi connectivity index (χ1n) is 6.85. The molecule has 98 valence electrons. The van der Waals surface area contributed by atoms with E-state index in [-0.39, 0.29) is 11.9 Å². The number of nitrogens with zero attached hydrogens (tertiary/aromatic N) is 3. The van der Waals surface area contributed by atoms with Crippen molar-refractivity contribution in [2.45, 2.75) is 43.9 Å². The van der Waals surface area contributed by atoms with E-state index in [9.17, 15) is 4.79 Å². The molecular weight excluding hydrogens is 230 g/mol. The summed E-state index contributed by atoms with van der Waals surface area (Å²) < 4.78 is 5.29. The number of rotatable bonds is 2. The van der Waals surface area contributed by atoms with E-state index in [0.717, 1.165) is 19.4 Å². The number of morpholine rings is 1. The fraction of sp³-hybridized carbons (Fsp3) is 0.846. The molecule has 3 aliphatic rings. The summed E-state index contributed by atoms with van der Waals surface area (Å²) in [6.45, 7) is 2.61. The van der Waals surface area contributed by atoms with Crippen molar-refractivity contribution in [2.24, 2.45) is 0 Å². The fourth-order valence-corrected chi connectivity index (χ4v) is 3.04. The largest absolute Gasteiger partial charge is 0.360 e. The molecule has 5 heteroatoms. The minimum Gasteiger partial charge on any atom is -0.360 e. The van der Waals surface area contributed by atoms with E-state index in [1.165, 1.54) is 12.8 Å². The van der Waals surface area contributed by atoms with Crippen LogP contribution in [0.5, 0.6) is 0 Å². The molecule has 2 saturated heterocycles. The van der Waals surface area contributed by atoms with Crippen LogP contribution in [0.4, 0.5) is 0 Å². The van der Waals surface area contributed by atoms with Crippen LogP contribution in [0, 0.1) is 11.3 Å². The van der Waals surface area contributed by atoms with Crippen LogP contribution in [-0.4, -0.2) is 60.1 Å². The Morgan fingerprint density at radius 3 is 2.83 bits per heavy atom. The highest BCUT2D eigenvalue weighted by molar-refractivity contribution is 5.82. The molecule has 1 saturated carbocycles. The van der Waals surface area contributed by atoms with Crippen LogP contribution >= 0.6 is 0 Å².